The Bertz CT molecular complexity index is 1350. The molecular formula is C41H52F2O2. The summed E-state index contributed by atoms with van der Waals surface area (Å²) in [6.45, 7) is 5.71. The third-order valence-corrected chi connectivity index (χ3v) is 8.76. The summed E-state index contributed by atoms with van der Waals surface area (Å²) in [5.74, 6) is -2.52. The molecule has 0 N–H and O–H groups in total. The van der Waals surface area contributed by atoms with Gasteiger partial charge in [-0.25, -0.2) is 8.78 Å². The SMILES string of the molecule is CCCCCCCCCCOC1(OCCCCCCC)C=CC(c2ccc(-c3ccc(-c4ccccc4)cc3)c(F)c2F)=CC1. The van der Waals surface area contributed by atoms with Gasteiger partial charge in [-0.15, -0.1) is 0 Å². The third kappa shape index (κ3) is 10.5. The maximum atomic E-state index is 15.5. The number of rotatable bonds is 20. The predicted molar refractivity (Wildman–Crippen MR) is 185 cm³/mol. The molecular weight excluding hydrogens is 562 g/mol. The van der Waals surface area contributed by atoms with Gasteiger partial charge in [0.25, 0.3) is 0 Å². The van der Waals surface area contributed by atoms with E-state index in [1.165, 1.54) is 57.8 Å². The van der Waals surface area contributed by atoms with Crippen molar-refractivity contribution in [1.82, 2.24) is 0 Å². The Hall–Kier alpha value is -3.08. The number of benzene rings is 3. The van der Waals surface area contributed by atoms with Crippen molar-refractivity contribution in [3.8, 4) is 22.3 Å². The largest absolute Gasteiger partial charge is 0.346 e. The highest BCUT2D eigenvalue weighted by atomic mass is 19.2. The molecule has 0 bridgehead atoms. The monoisotopic (exact) mass is 614 g/mol. The van der Waals surface area contributed by atoms with Gasteiger partial charge in [0.05, 0.1) is 13.2 Å². The molecule has 0 aromatic heterocycles. The minimum atomic E-state index is -0.856. The lowest BCUT2D eigenvalue weighted by Gasteiger charge is -2.33. The topological polar surface area (TPSA) is 18.5 Å². The van der Waals surface area contributed by atoms with E-state index >= 15 is 8.78 Å². The van der Waals surface area contributed by atoms with Gasteiger partial charge in [0.2, 0.25) is 0 Å². The van der Waals surface area contributed by atoms with E-state index in [4.69, 9.17) is 9.47 Å². The first-order valence-corrected chi connectivity index (χ1v) is 17.4. The summed E-state index contributed by atoms with van der Waals surface area (Å²) in [5.41, 5.74) is 3.92. The second-order valence-corrected chi connectivity index (χ2v) is 12.3. The Labute approximate surface area is 270 Å². The van der Waals surface area contributed by atoms with Gasteiger partial charge in [0, 0.05) is 17.5 Å². The minimum absolute atomic E-state index is 0.254. The standard InChI is InChI=1S/C41H52F2O2/c1-3-5-7-9-10-11-13-18-32-45-41(44-31-17-12-8-6-4-2)29-27-36(28-30-41)38-26-25-37(39(42)40(38)43)35-23-21-34(22-24-35)33-19-15-14-16-20-33/h14-16,19-29H,3-13,17-18,30-32H2,1-2H3. The van der Waals surface area contributed by atoms with Crippen molar-refractivity contribution < 1.29 is 18.3 Å². The Kier molecular flexibility index (Phi) is 14.5. The van der Waals surface area contributed by atoms with Crippen LogP contribution in [0.3, 0.4) is 0 Å². The molecule has 1 unspecified atom stereocenters. The van der Waals surface area contributed by atoms with E-state index in [2.05, 4.69) is 13.8 Å². The van der Waals surface area contributed by atoms with Crippen molar-refractivity contribution in [3.63, 3.8) is 0 Å². The average molecular weight is 615 g/mol. The first-order valence-electron chi connectivity index (χ1n) is 17.4. The van der Waals surface area contributed by atoms with Gasteiger partial charge >= 0.3 is 0 Å². The fourth-order valence-corrected chi connectivity index (χ4v) is 5.96. The van der Waals surface area contributed by atoms with E-state index in [1.54, 1.807) is 12.1 Å². The smallest absolute Gasteiger partial charge is 0.191 e. The van der Waals surface area contributed by atoms with Crippen molar-refractivity contribution in [2.75, 3.05) is 13.2 Å². The Morgan fingerprint density at radius 1 is 0.556 bits per heavy atom. The molecule has 1 atom stereocenters. The van der Waals surface area contributed by atoms with Crippen LogP contribution in [0.5, 0.6) is 0 Å². The molecule has 1 aliphatic rings. The van der Waals surface area contributed by atoms with Gasteiger partial charge in [-0.05, 0) is 41.2 Å². The number of halogens is 2. The van der Waals surface area contributed by atoms with E-state index in [0.717, 1.165) is 36.8 Å². The molecule has 0 aliphatic heterocycles. The fourth-order valence-electron chi connectivity index (χ4n) is 5.96. The molecule has 242 valence electrons. The fraction of sp³-hybridized carbons (Fsp3) is 0.463. The molecule has 0 saturated carbocycles. The second kappa shape index (κ2) is 18.8. The number of allylic oxidation sites excluding steroid dienone is 2. The highest BCUT2D eigenvalue weighted by Gasteiger charge is 2.31. The van der Waals surface area contributed by atoms with Crippen LogP contribution in [0.25, 0.3) is 27.8 Å². The molecule has 3 aromatic carbocycles. The molecule has 45 heavy (non-hydrogen) atoms. The first kappa shape index (κ1) is 34.8. The number of hydrogen-bond acceptors (Lipinski definition) is 2. The molecule has 0 heterocycles. The van der Waals surface area contributed by atoms with Crippen molar-refractivity contribution in [1.29, 1.82) is 0 Å². The van der Waals surface area contributed by atoms with Crippen LogP contribution < -0.4 is 0 Å². The van der Waals surface area contributed by atoms with Gasteiger partial charge in [-0.1, -0.05) is 163 Å². The Morgan fingerprint density at radius 2 is 1.04 bits per heavy atom. The van der Waals surface area contributed by atoms with Gasteiger partial charge in [0.1, 0.15) is 0 Å². The molecule has 0 fully saturated rings. The molecule has 0 spiro atoms. The molecule has 4 heteroatoms. The van der Waals surface area contributed by atoms with E-state index in [0.29, 0.717) is 30.8 Å². The maximum Gasteiger partial charge on any atom is 0.191 e. The summed E-state index contributed by atoms with van der Waals surface area (Å²) < 4.78 is 43.7. The van der Waals surface area contributed by atoms with Crippen molar-refractivity contribution in [2.24, 2.45) is 0 Å². The Balaban J connectivity index is 1.39. The molecule has 1 aliphatic carbocycles. The lowest BCUT2D eigenvalue weighted by Crippen LogP contribution is -2.35. The van der Waals surface area contributed by atoms with Crippen LogP contribution in [0.1, 0.15) is 109 Å². The number of ether oxygens (including phenoxy) is 2. The zero-order valence-electron chi connectivity index (χ0n) is 27.5. The molecule has 2 nitrogen and oxygen atoms in total. The van der Waals surface area contributed by atoms with Crippen molar-refractivity contribution in [2.45, 2.75) is 110 Å². The number of unbranched alkanes of at least 4 members (excludes halogenated alkanes) is 11. The van der Waals surface area contributed by atoms with Crippen LogP contribution >= 0.6 is 0 Å². The van der Waals surface area contributed by atoms with Crippen LogP contribution in [0, 0.1) is 11.6 Å². The van der Waals surface area contributed by atoms with Gasteiger partial charge in [0.15, 0.2) is 17.4 Å². The summed E-state index contributed by atoms with van der Waals surface area (Å²) in [6, 6.07) is 20.9. The lowest BCUT2D eigenvalue weighted by molar-refractivity contribution is -0.203. The summed E-state index contributed by atoms with van der Waals surface area (Å²) in [5, 5.41) is 0. The molecule has 0 saturated heterocycles. The maximum absolute atomic E-state index is 15.5. The lowest BCUT2D eigenvalue weighted by atomic mass is 9.93. The molecule has 0 amide bonds. The summed E-state index contributed by atoms with van der Waals surface area (Å²) >= 11 is 0. The van der Waals surface area contributed by atoms with Crippen molar-refractivity contribution in [3.05, 3.63) is 102 Å². The molecule has 3 aromatic rings. The number of hydrogen-bond donors (Lipinski definition) is 0. The quantitative estimate of drug-likeness (QED) is 0.0931. The van der Waals surface area contributed by atoms with Crippen molar-refractivity contribution >= 4 is 5.57 Å². The van der Waals surface area contributed by atoms with Gasteiger partial charge in [-0.2, -0.15) is 0 Å². The normalized spacial score (nSPS) is 16.2. The van der Waals surface area contributed by atoms with Crippen LogP contribution in [0.4, 0.5) is 8.78 Å². The summed E-state index contributed by atoms with van der Waals surface area (Å²) in [4.78, 5) is 0. The van der Waals surface area contributed by atoms with Gasteiger partial charge < -0.3 is 9.47 Å². The van der Waals surface area contributed by atoms with E-state index in [9.17, 15) is 0 Å². The van der Waals surface area contributed by atoms with Crippen LogP contribution in [0.2, 0.25) is 0 Å². The molecule has 0 radical (unpaired) electrons. The van der Waals surface area contributed by atoms with Gasteiger partial charge in [-0.3, -0.25) is 0 Å². The van der Waals surface area contributed by atoms with Crippen LogP contribution in [-0.4, -0.2) is 19.0 Å². The van der Waals surface area contributed by atoms with E-state index in [1.807, 2.05) is 72.8 Å². The molecule has 4 rings (SSSR count). The third-order valence-electron chi connectivity index (χ3n) is 8.76. The Morgan fingerprint density at radius 3 is 1.60 bits per heavy atom. The zero-order valence-corrected chi connectivity index (χ0v) is 27.5. The summed E-state index contributed by atoms with van der Waals surface area (Å²) in [6.07, 6.45) is 21.8. The van der Waals surface area contributed by atoms with Crippen LogP contribution in [-0.2, 0) is 9.47 Å². The minimum Gasteiger partial charge on any atom is -0.346 e. The highest BCUT2D eigenvalue weighted by molar-refractivity contribution is 5.78. The second-order valence-electron chi connectivity index (χ2n) is 12.3. The van der Waals surface area contributed by atoms with Crippen LogP contribution in [0.15, 0.2) is 85.0 Å². The summed E-state index contributed by atoms with van der Waals surface area (Å²) in [7, 11) is 0. The average Bonchev–Trinajstić information content (AvgIpc) is 3.08. The first-order chi connectivity index (χ1) is 22.1. The van der Waals surface area contributed by atoms with E-state index < -0.39 is 17.4 Å². The zero-order chi connectivity index (χ0) is 31.7. The van der Waals surface area contributed by atoms with E-state index in [-0.39, 0.29) is 11.1 Å². The predicted octanol–water partition coefficient (Wildman–Crippen LogP) is 12.5. The highest BCUT2D eigenvalue weighted by Crippen LogP contribution is 2.35.